The minimum absolute atomic E-state index is 0.0174. The van der Waals surface area contributed by atoms with Crippen molar-refractivity contribution < 1.29 is 51.9 Å². The number of sulfone groups is 1. The van der Waals surface area contributed by atoms with Crippen LogP contribution in [0.5, 0.6) is 5.75 Å². The highest BCUT2D eigenvalue weighted by atomic mass is 32.2. The smallest absolute Gasteiger partial charge is 0.410 e. The van der Waals surface area contributed by atoms with Gasteiger partial charge in [-0.15, -0.1) is 0 Å². The van der Waals surface area contributed by atoms with Gasteiger partial charge in [0, 0.05) is 48.3 Å². The third-order valence-electron chi connectivity index (χ3n) is 9.52. The number of hydrogen-bond acceptors (Lipinski definition) is 12. The fraction of sp³-hybridized carbons (Fsp3) is 0.472. The molecule has 0 radical (unpaired) electrons. The molecule has 2 saturated heterocycles. The third-order valence-corrected chi connectivity index (χ3v) is 11.2. The zero-order valence-electron chi connectivity index (χ0n) is 28.8. The van der Waals surface area contributed by atoms with Gasteiger partial charge in [-0.1, -0.05) is 18.2 Å². The number of H-pyrrole nitrogens is 1. The summed E-state index contributed by atoms with van der Waals surface area (Å²) in [5, 5.41) is 24.6. The van der Waals surface area contributed by atoms with Crippen molar-refractivity contribution >= 4 is 43.5 Å². The van der Waals surface area contributed by atoms with Gasteiger partial charge in [0.05, 0.1) is 53.0 Å². The zero-order chi connectivity index (χ0) is 36.4. The first-order valence-corrected chi connectivity index (χ1v) is 18.5. The molecule has 15 heteroatoms. The van der Waals surface area contributed by atoms with Crippen LogP contribution in [0.2, 0.25) is 0 Å². The second-order valence-corrected chi connectivity index (χ2v) is 15.2. The van der Waals surface area contributed by atoms with E-state index in [1.807, 2.05) is 0 Å². The minimum atomic E-state index is -3.65. The molecule has 1 amide bonds. The normalized spacial score (nSPS) is 25.6. The van der Waals surface area contributed by atoms with Crippen LogP contribution in [0, 0.1) is 5.92 Å². The number of hydrogen-bond donors (Lipinski definition) is 2. The highest BCUT2D eigenvalue weighted by Gasteiger charge is 2.43. The number of benzene rings is 2. The maximum absolute atomic E-state index is 14.0. The Hall–Kier alpha value is -4.12. The molecule has 274 valence electrons. The molecule has 51 heavy (non-hydrogen) atoms. The summed E-state index contributed by atoms with van der Waals surface area (Å²) in [6, 6.07) is 13.7. The Morgan fingerprint density at radius 3 is 2.59 bits per heavy atom. The van der Waals surface area contributed by atoms with Crippen LogP contribution in [0.4, 0.5) is 4.79 Å². The summed E-state index contributed by atoms with van der Waals surface area (Å²) >= 11 is 0. The highest BCUT2D eigenvalue weighted by Crippen LogP contribution is 2.35. The lowest BCUT2D eigenvalue weighted by molar-refractivity contribution is -0.529. The van der Waals surface area contributed by atoms with Gasteiger partial charge in [-0.3, -0.25) is 14.7 Å². The summed E-state index contributed by atoms with van der Waals surface area (Å²) < 4.78 is 54.3. The number of Topliss-reactive ketones (excluding diaryl/α,β-unsaturated/α-hetero) is 1. The number of phenolic OH excluding ortho intramolecular Hbond substituents is 1. The molecular weight excluding hydrogens is 682 g/mol. The number of pyridine rings is 1. The average Bonchev–Trinajstić information content (AvgIpc) is 3.48. The largest absolute Gasteiger partial charge is 0.829 e. The van der Waals surface area contributed by atoms with Crippen molar-refractivity contribution in [2.24, 2.45) is 5.92 Å². The van der Waals surface area contributed by atoms with E-state index in [2.05, 4.69) is 9.97 Å². The first-order chi connectivity index (χ1) is 24.4. The van der Waals surface area contributed by atoms with Gasteiger partial charge in [0.25, 0.3) is 0 Å². The van der Waals surface area contributed by atoms with E-state index in [4.69, 9.17) is 23.7 Å². The van der Waals surface area contributed by atoms with Crippen LogP contribution < -0.4 is 5.11 Å². The lowest BCUT2D eigenvalue weighted by atomic mass is 9.87. The summed E-state index contributed by atoms with van der Waals surface area (Å²) in [5.41, 5.74) is 1.45. The monoisotopic (exact) mass is 724 g/mol. The predicted octanol–water partition coefficient (Wildman–Crippen LogP) is 3.55. The quantitative estimate of drug-likeness (QED) is 0.214. The number of carbonyl (C=O) groups is 2. The number of phenols is 1. The maximum atomic E-state index is 14.0. The molecule has 2 aromatic carbocycles. The van der Waals surface area contributed by atoms with Crippen molar-refractivity contribution in [3.8, 4) is 5.75 Å². The molecule has 4 aromatic rings. The maximum Gasteiger partial charge on any atom is 0.410 e. The zero-order valence-corrected chi connectivity index (χ0v) is 29.6. The summed E-state index contributed by atoms with van der Waals surface area (Å²) in [4.78, 5) is 36.4. The summed E-state index contributed by atoms with van der Waals surface area (Å²) in [5.74, 6) is -1.34. The van der Waals surface area contributed by atoms with E-state index in [0.29, 0.717) is 5.52 Å². The Bertz CT molecular complexity index is 1970. The number of ketones is 1. The number of carbonyl (C=O) groups excluding carboxylic acids is 2. The van der Waals surface area contributed by atoms with E-state index in [-0.39, 0.29) is 60.0 Å². The number of fused-ring (bicyclic) bond motifs is 3. The van der Waals surface area contributed by atoms with Gasteiger partial charge in [-0.25, -0.2) is 13.2 Å². The number of aromatic nitrogens is 2. The fourth-order valence-corrected chi connectivity index (χ4v) is 7.99. The van der Waals surface area contributed by atoms with Crippen molar-refractivity contribution in [1.29, 1.82) is 0 Å². The summed E-state index contributed by atoms with van der Waals surface area (Å²) in [6.45, 7) is 4.91. The van der Waals surface area contributed by atoms with Gasteiger partial charge in [0.1, 0.15) is 18.1 Å². The standard InChI is InChI=1S/C36H42N3O11S/c1-20(2)39(36(43)47-14-15-51(44,45)23-8-6-5-7-9-23)28-19-48-31(18-29(28)46-4)50-30-17-25(21(3)49-35(30)42)34(41)33-32-24(12-13-37-33)26-16-22(40)10-11-27(26)38-32/h5-13,16,20-21,25,28-31,35,38,40H,14-15,17-19H2,1-4H3/q-1. The number of amides is 1. The van der Waals surface area contributed by atoms with Crippen molar-refractivity contribution in [3.05, 3.63) is 66.5 Å². The molecule has 2 aliphatic rings. The van der Waals surface area contributed by atoms with Crippen LogP contribution in [0.3, 0.4) is 0 Å². The molecule has 0 aliphatic carbocycles. The highest BCUT2D eigenvalue weighted by molar-refractivity contribution is 7.91. The molecule has 14 nitrogen and oxygen atoms in total. The van der Waals surface area contributed by atoms with Crippen LogP contribution >= 0.6 is 0 Å². The second-order valence-electron chi connectivity index (χ2n) is 13.1. The molecule has 0 saturated carbocycles. The van der Waals surface area contributed by atoms with Crippen LogP contribution in [-0.4, -0.2) is 109 Å². The van der Waals surface area contributed by atoms with Crippen LogP contribution in [-0.2, 0) is 33.5 Å². The number of nitrogens with zero attached hydrogens (tertiary/aromatic N) is 2. The van der Waals surface area contributed by atoms with E-state index >= 15 is 0 Å². The fourth-order valence-electron chi connectivity index (χ4n) is 6.88. The predicted molar refractivity (Wildman–Crippen MR) is 183 cm³/mol. The van der Waals surface area contributed by atoms with Gasteiger partial charge in [-0.2, -0.15) is 0 Å². The lowest BCUT2D eigenvalue weighted by Crippen LogP contribution is -2.59. The third kappa shape index (κ3) is 7.73. The molecule has 7 atom stereocenters. The van der Waals surface area contributed by atoms with Crippen molar-refractivity contribution in [3.63, 3.8) is 0 Å². The number of aromatic amines is 1. The van der Waals surface area contributed by atoms with E-state index in [1.165, 1.54) is 30.3 Å². The van der Waals surface area contributed by atoms with Crippen molar-refractivity contribution in [2.45, 2.75) is 81.5 Å². The Balaban J connectivity index is 1.10. The Labute approximate surface area is 295 Å². The molecule has 0 bridgehead atoms. The number of methoxy groups -OCH3 is 1. The SMILES string of the molecule is COC1CC(OC2CC(C(=O)c3nccc4c3[nH]c3ccc(O)cc34)C(C)OC2[O-])OCC1N(C(=O)OCCS(=O)(=O)c1ccccc1)C(C)C. The minimum Gasteiger partial charge on any atom is -0.829 e. The Morgan fingerprint density at radius 1 is 1.10 bits per heavy atom. The van der Waals surface area contributed by atoms with Crippen LogP contribution in [0.15, 0.2) is 65.7 Å². The van der Waals surface area contributed by atoms with Crippen molar-refractivity contribution in [1.82, 2.24) is 14.9 Å². The molecule has 4 heterocycles. The Morgan fingerprint density at radius 2 is 1.86 bits per heavy atom. The number of nitrogens with one attached hydrogen (secondary N) is 1. The van der Waals surface area contributed by atoms with E-state index in [1.54, 1.807) is 63.2 Å². The molecule has 6 rings (SSSR count). The Kier molecular flexibility index (Phi) is 11.0. The molecule has 2 N–H and O–H groups in total. The molecule has 0 spiro atoms. The molecule has 7 unspecified atom stereocenters. The van der Waals surface area contributed by atoms with Gasteiger partial charge in [-0.05, 0) is 63.6 Å². The van der Waals surface area contributed by atoms with Crippen LogP contribution in [0.25, 0.3) is 21.8 Å². The van der Waals surface area contributed by atoms with Gasteiger partial charge in [0.15, 0.2) is 21.9 Å². The average molecular weight is 725 g/mol. The van der Waals surface area contributed by atoms with Crippen molar-refractivity contribution in [2.75, 3.05) is 26.1 Å². The van der Waals surface area contributed by atoms with E-state index in [9.17, 15) is 28.2 Å². The van der Waals surface area contributed by atoms with E-state index in [0.717, 1.165) is 16.3 Å². The molecule has 2 fully saturated rings. The number of aromatic hydroxyl groups is 1. The summed E-state index contributed by atoms with van der Waals surface area (Å²) in [7, 11) is -2.15. The molecular formula is C36H42N3O11S-. The van der Waals surface area contributed by atoms with Gasteiger partial charge in [0.2, 0.25) is 0 Å². The first kappa shape index (κ1) is 36.7. The topological polar surface area (TPSA) is 190 Å². The second kappa shape index (κ2) is 15.2. The van der Waals surface area contributed by atoms with E-state index < -0.39 is 58.8 Å². The first-order valence-electron chi connectivity index (χ1n) is 16.9. The van der Waals surface area contributed by atoms with Crippen LogP contribution in [0.1, 0.15) is 44.1 Å². The van der Waals surface area contributed by atoms with Gasteiger partial charge >= 0.3 is 6.09 Å². The molecule has 2 aliphatic heterocycles. The number of ether oxygens (including phenoxy) is 5. The van der Waals surface area contributed by atoms with Gasteiger partial charge < -0.3 is 38.9 Å². The lowest BCUT2D eigenvalue weighted by Gasteiger charge is -2.46. The summed E-state index contributed by atoms with van der Waals surface area (Å²) in [6.07, 6.45) is -3.77. The number of rotatable bonds is 11. The molecule has 2 aromatic heterocycles.